The van der Waals surface area contributed by atoms with E-state index in [9.17, 15) is 9.90 Å². The number of H-pyrrole nitrogens is 1. The second-order valence-electron chi connectivity index (χ2n) is 6.74. The molecule has 0 spiro atoms. The van der Waals surface area contributed by atoms with E-state index in [1.807, 2.05) is 18.0 Å². The summed E-state index contributed by atoms with van der Waals surface area (Å²) in [6.07, 6.45) is 4.22. The molecule has 1 aliphatic heterocycles. The van der Waals surface area contributed by atoms with Gasteiger partial charge in [-0.25, -0.2) is 0 Å². The quantitative estimate of drug-likeness (QED) is 0.758. The number of aliphatic hydroxyl groups is 1. The highest BCUT2D eigenvalue weighted by molar-refractivity contribution is 5.83. The van der Waals surface area contributed by atoms with Crippen LogP contribution in [0.1, 0.15) is 25.3 Å². The zero-order chi connectivity index (χ0) is 17.1. The van der Waals surface area contributed by atoms with Crippen molar-refractivity contribution >= 4 is 16.8 Å². The lowest BCUT2D eigenvalue weighted by Crippen LogP contribution is -2.55. The first kappa shape index (κ1) is 17.0. The third-order valence-electron chi connectivity index (χ3n) is 5.18. The summed E-state index contributed by atoms with van der Waals surface area (Å²) >= 11 is 0. The number of piperidine rings is 1. The Kier molecular flexibility index (Phi) is 5.21. The number of fused-ring (bicyclic) bond motifs is 1. The molecule has 3 rings (SSSR count). The fourth-order valence-corrected chi connectivity index (χ4v) is 3.85. The van der Waals surface area contributed by atoms with Crippen LogP contribution in [0.3, 0.4) is 0 Å². The van der Waals surface area contributed by atoms with Crippen molar-refractivity contribution in [2.75, 3.05) is 20.1 Å². The molecule has 1 amide bonds. The van der Waals surface area contributed by atoms with Gasteiger partial charge in [-0.15, -0.1) is 0 Å². The maximum Gasteiger partial charge on any atom is 0.229 e. The van der Waals surface area contributed by atoms with E-state index in [-0.39, 0.29) is 17.9 Å². The lowest BCUT2D eigenvalue weighted by molar-refractivity contribution is -0.144. The van der Waals surface area contributed by atoms with Gasteiger partial charge in [0.1, 0.15) is 0 Å². The molecule has 1 saturated heterocycles. The highest BCUT2D eigenvalue weighted by Gasteiger charge is 2.38. The number of nitrogens with one attached hydrogen (secondary N) is 2. The van der Waals surface area contributed by atoms with E-state index >= 15 is 0 Å². The Bertz CT molecular complexity index is 695. The monoisotopic (exact) mass is 329 g/mol. The van der Waals surface area contributed by atoms with Gasteiger partial charge in [-0.2, -0.15) is 0 Å². The van der Waals surface area contributed by atoms with Crippen LogP contribution in [0.4, 0.5) is 0 Å². The molecule has 0 radical (unpaired) electrons. The molecule has 2 heterocycles. The van der Waals surface area contributed by atoms with Gasteiger partial charge >= 0.3 is 0 Å². The van der Waals surface area contributed by atoms with Gasteiger partial charge in [0.2, 0.25) is 5.91 Å². The third kappa shape index (κ3) is 3.32. The minimum absolute atomic E-state index is 0.0716. The van der Waals surface area contributed by atoms with Crippen molar-refractivity contribution in [1.82, 2.24) is 15.2 Å². The largest absolute Gasteiger partial charge is 0.393 e. The maximum absolute atomic E-state index is 12.7. The molecule has 1 aromatic carbocycles. The smallest absolute Gasteiger partial charge is 0.229 e. The summed E-state index contributed by atoms with van der Waals surface area (Å²) in [5, 5.41) is 14.4. The van der Waals surface area contributed by atoms with E-state index in [0.29, 0.717) is 0 Å². The molecule has 24 heavy (non-hydrogen) atoms. The molecule has 5 heteroatoms. The molecule has 2 aromatic rings. The van der Waals surface area contributed by atoms with Crippen molar-refractivity contribution in [1.29, 1.82) is 0 Å². The summed E-state index contributed by atoms with van der Waals surface area (Å²) in [5.41, 5.74) is 2.46. The summed E-state index contributed by atoms with van der Waals surface area (Å²) in [7, 11) is 1.86. The number of benzene rings is 1. The number of likely N-dealkylation sites (tertiary alicyclic amines) is 1. The average molecular weight is 329 g/mol. The molecular weight excluding hydrogens is 302 g/mol. The average Bonchev–Trinajstić information content (AvgIpc) is 2.99. The Morgan fingerprint density at radius 1 is 1.42 bits per heavy atom. The molecule has 0 aliphatic carbocycles. The summed E-state index contributed by atoms with van der Waals surface area (Å²) in [5.74, 6) is -0.258. The van der Waals surface area contributed by atoms with Crippen LogP contribution >= 0.6 is 0 Å². The van der Waals surface area contributed by atoms with Crippen molar-refractivity contribution in [2.45, 2.75) is 38.3 Å². The summed E-state index contributed by atoms with van der Waals surface area (Å²) in [6.45, 7) is 3.22. The minimum atomic E-state index is -0.619. The Balaban J connectivity index is 1.59. The molecule has 130 valence electrons. The number of aryl methyl sites for hydroxylation is 1. The topological polar surface area (TPSA) is 68.4 Å². The van der Waals surface area contributed by atoms with Crippen molar-refractivity contribution in [3.8, 4) is 0 Å². The SMILES string of the molecule is CN[C@H]1CCN(CCCc2c[nH]c3ccccc23)C(=O)C1[C@@H](C)O. The summed E-state index contributed by atoms with van der Waals surface area (Å²) in [6, 6.07) is 8.37. The number of hydrogen-bond donors (Lipinski definition) is 3. The second kappa shape index (κ2) is 7.36. The zero-order valence-corrected chi connectivity index (χ0v) is 14.5. The number of para-hydroxylation sites is 1. The molecule has 0 saturated carbocycles. The van der Waals surface area contributed by atoms with Gasteiger partial charge in [0.25, 0.3) is 0 Å². The number of carbonyl (C=O) groups excluding carboxylic acids is 1. The molecule has 3 N–H and O–H groups in total. The van der Waals surface area contributed by atoms with Gasteiger partial charge in [0, 0.05) is 36.2 Å². The van der Waals surface area contributed by atoms with Crippen LogP contribution in [0, 0.1) is 5.92 Å². The maximum atomic E-state index is 12.7. The molecule has 5 nitrogen and oxygen atoms in total. The molecule has 1 unspecified atom stereocenters. The molecular formula is C19H27N3O2. The lowest BCUT2D eigenvalue weighted by atomic mass is 9.87. The standard InChI is InChI=1S/C19H27N3O2/c1-13(23)18-17(20-2)9-11-22(19(18)24)10-5-6-14-12-21-16-8-4-3-7-15(14)16/h3-4,7-8,12-13,17-18,20-21,23H,5-6,9-11H2,1-2H3/t13-,17+,18?/m1/s1. The number of hydrogen-bond acceptors (Lipinski definition) is 3. The summed E-state index contributed by atoms with van der Waals surface area (Å²) < 4.78 is 0. The van der Waals surface area contributed by atoms with Crippen LogP contribution in [0.25, 0.3) is 10.9 Å². The van der Waals surface area contributed by atoms with Crippen LogP contribution in [-0.4, -0.2) is 53.2 Å². The molecule has 1 aromatic heterocycles. The van der Waals surface area contributed by atoms with Gasteiger partial charge in [-0.3, -0.25) is 4.79 Å². The highest BCUT2D eigenvalue weighted by atomic mass is 16.3. The summed E-state index contributed by atoms with van der Waals surface area (Å²) in [4.78, 5) is 17.9. The van der Waals surface area contributed by atoms with E-state index in [1.54, 1.807) is 6.92 Å². The first-order valence-corrected chi connectivity index (χ1v) is 8.81. The Hall–Kier alpha value is -1.85. The fraction of sp³-hybridized carbons (Fsp3) is 0.526. The molecule has 0 bridgehead atoms. The van der Waals surface area contributed by atoms with Crippen LogP contribution in [-0.2, 0) is 11.2 Å². The number of aromatic amines is 1. The predicted octanol–water partition coefficient (Wildman–Crippen LogP) is 1.92. The van der Waals surface area contributed by atoms with E-state index in [4.69, 9.17) is 0 Å². The van der Waals surface area contributed by atoms with Gasteiger partial charge < -0.3 is 20.3 Å². The van der Waals surface area contributed by atoms with Crippen LogP contribution in [0.5, 0.6) is 0 Å². The van der Waals surface area contributed by atoms with E-state index in [0.717, 1.165) is 37.9 Å². The first-order valence-electron chi connectivity index (χ1n) is 8.81. The van der Waals surface area contributed by atoms with Crippen molar-refractivity contribution < 1.29 is 9.90 Å². The van der Waals surface area contributed by atoms with Gasteiger partial charge in [0.15, 0.2) is 0 Å². The van der Waals surface area contributed by atoms with Crippen molar-refractivity contribution in [3.63, 3.8) is 0 Å². The number of nitrogens with zero attached hydrogens (tertiary/aromatic N) is 1. The number of aliphatic hydroxyl groups excluding tert-OH is 1. The van der Waals surface area contributed by atoms with Gasteiger partial charge in [-0.05, 0) is 44.9 Å². The minimum Gasteiger partial charge on any atom is -0.393 e. The number of aromatic nitrogens is 1. The van der Waals surface area contributed by atoms with E-state index < -0.39 is 6.10 Å². The number of carbonyl (C=O) groups is 1. The normalized spacial score (nSPS) is 23.0. The predicted molar refractivity (Wildman–Crippen MR) is 95.8 cm³/mol. The first-order chi connectivity index (χ1) is 11.6. The van der Waals surface area contributed by atoms with Gasteiger partial charge in [-0.1, -0.05) is 18.2 Å². The van der Waals surface area contributed by atoms with Gasteiger partial charge in [0.05, 0.1) is 12.0 Å². The van der Waals surface area contributed by atoms with Crippen LogP contribution in [0.15, 0.2) is 30.5 Å². The molecule has 3 atom stereocenters. The molecule has 1 fully saturated rings. The lowest BCUT2D eigenvalue weighted by Gasteiger charge is -2.39. The highest BCUT2D eigenvalue weighted by Crippen LogP contribution is 2.23. The van der Waals surface area contributed by atoms with E-state index in [2.05, 4.69) is 34.7 Å². The Morgan fingerprint density at radius 3 is 2.96 bits per heavy atom. The molecule has 1 aliphatic rings. The Labute approximate surface area is 143 Å². The van der Waals surface area contributed by atoms with Crippen LogP contribution in [0.2, 0.25) is 0 Å². The zero-order valence-electron chi connectivity index (χ0n) is 14.5. The van der Waals surface area contributed by atoms with Crippen LogP contribution < -0.4 is 5.32 Å². The van der Waals surface area contributed by atoms with E-state index in [1.165, 1.54) is 10.9 Å². The Morgan fingerprint density at radius 2 is 2.21 bits per heavy atom. The van der Waals surface area contributed by atoms with Crippen molar-refractivity contribution in [2.24, 2.45) is 5.92 Å². The third-order valence-corrected chi connectivity index (χ3v) is 5.18. The van der Waals surface area contributed by atoms with Crippen molar-refractivity contribution in [3.05, 3.63) is 36.0 Å². The fourth-order valence-electron chi connectivity index (χ4n) is 3.85. The number of amides is 1. The second-order valence-corrected chi connectivity index (χ2v) is 6.74. The number of rotatable bonds is 6.